The first-order valence-corrected chi connectivity index (χ1v) is 11.8. The molecule has 0 aliphatic rings. The maximum atomic E-state index is 12.7. The predicted molar refractivity (Wildman–Crippen MR) is 133 cm³/mol. The zero-order valence-corrected chi connectivity index (χ0v) is 19.4. The van der Waals surface area contributed by atoms with Gasteiger partial charge >= 0.3 is 0 Å². The molecule has 1 aromatic heterocycles. The molecule has 0 saturated heterocycles. The van der Waals surface area contributed by atoms with Crippen molar-refractivity contribution in [2.45, 2.75) is 39.2 Å². The van der Waals surface area contributed by atoms with Gasteiger partial charge in [0.15, 0.2) is 5.78 Å². The van der Waals surface area contributed by atoms with Crippen LogP contribution in [0.2, 0.25) is 0 Å². The van der Waals surface area contributed by atoms with Gasteiger partial charge in [0.2, 0.25) is 0 Å². The Morgan fingerprint density at radius 3 is 2.38 bits per heavy atom. The molecule has 1 atom stereocenters. The summed E-state index contributed by atoms with van der Waals surface area (Å²) in [5.74, 6) is 0.203. The zero-order chi connectivity index (χ0) is 22.5. The highest BCUT2D eigenvalue weighted by Gasteiger charge is 2.11. The molecular weight excluding hydrogens is 412 g/mol. The largest absolute Gasteiger partial charge is 0.389 e. The molecule has 3 heteroatoms. The summed E-state index contributed by atoms with van der Waals surface area (Å²) in [4.78, 5) is 14.7. The van der Waals surface area contributed by atoms with Gasteiger partial charge in [0, 0.05) is 11.3 Å². The first kappa shape index (κ1) is 22.2. The van der Waals surface area contributed by atoms with Gasteiger partial charge in [-0.1, -0.05) is 78.4 Å². The summed E-state index contributed by atoms with van der Waals surface area (Å²) in [6.07, 6.45) is 1.65. The molecular formula is C29H28O2S. The number of hydrogen-bond acceptors (Lipinski definition) is 3. The number of ketones is 1. The Bertz CT molecular complexity index is 1220. The number of thiophene rings is 1. The molecule has 3 aromatic carbocycles. The molecule has 4 aromatic rings. The Kier molecular flexibility index (Phi) is 6.99. The first-order valence-electron chi connectivity index (χ1n) is 11.0. The van der Waals surface area contributed by atoms with Crippen molar-refractivity contribution >= 4 is 17.1 Å². The van der Waals surface area contributed by atoms with E-state index in [-0.39, 0.29) is 5.78 Å². The van der Waals surface area contributed by atoms with Crippen LogP contribution < -0.4 is 0 Å². The Morgan fingerprint density at radius 1 is 0.875 bits per heavy atom. The normalized spacial score (nSPS) is 12.0. The minimum absolute atomic E-state index is 0.203. The first-order chi connectivity index (χ1) is 15.5. The Morgan fingerprint density at radius 2 is 1.59 bits per heavy atom. The fraction of sp³-hybridized carbons (Fsp3) is 0.207. The topological polar surface area (TPSA) is 37.3 Å². The maximum Gasteiger partial charge on any atom is 0.173 e. The van der Waals surface area contributed by atoms with Gasteiger partial charge in [0.1, 0.15) is 0 Å². The lowest BCUT2D eigenvalue weighted by atomic mass is 9.99. The van der Waals surface area contributed by atoms with Gasteiger partial charge in [-0.2, -0.15) is 0 Å². The third kappa shape index (κ3) is 5.61. The smallest absolute Gasteiger partial charge is 0.173 e. The molecule has 0 amide bonds. The van der Waals surface area contributed by atoms with Crippen LogP contribution in [0.15, 0.2) is 84.9 Å². The molecule has 0 saturated carbocycles. The van der Waals surface area contributed by atoms with Crippen LogP contribution in [-0.4, -0.2) is 10.9 Å². The highest BCUT2D eigenvalue weighted by atomic mass is 32.1. The third-order valence-corrected chi connectivity index (χ3v) is 6.83. The number of hydrogen-bond donors (Lipinski definition) is 1. The van der Waals surface area contributed by atoms with Crippen LogP contribution in [-0.2, 0) is 12.8 Å². The molecule has 4 rings (SSSR count). The monoisotopic (exact) mass is 440 g/mol. The second kappa shape index (κ2) is 10.1. The number of rotatable bonds is 8. The highest BCUT2D eigenvalue weighted by Crippen LogP contribution is 2.30. The molecule has 162 valence electrons. The predicted octanol–water partition coefficient (Wildman–Crippen LogP) is 7.18. The van der Waals surface area contributed by atoms with Crippen molar-refractivity contribution in [2.24, 2.45) is 0 Å². The quantitative estimate of drug-likeness (QED) is 0.295. The molecule has 0 radical (unpaired) electrons. The van der Waals surface area contributed by atoms with E-state index in [1.807, 2.05) is 24.3 Å². The molecule has 1 N–H and O–H groups in total. The van der Waals surface area contributed by atoms with Gasteiger partial charge in [-0.15, -0.1) is 11.3 Å². The van der Waals surface area contributed by atoms with Gasteiger partial charge in [-0.25, -0.2) is 0 Å². The van der Waals surface area contributed by atoms with E-state index in [1.165, 1.54) is 22.3 Å². The van der Waals surface area contributed by atoms with E-state index in [1.54, 1.807) is 18.3 Å². The van der Waals surface area contributed by atoms with E-state index in [2.05, 4.69) is 67.6 Å². The SMILES string of the molecule is Cc1cccc(CCC(=O)c2ccc(-c3cccc(Cc4cccc(C(C)O)c4)c3)s2)c1. The summed E-state index contributed by atoms with van der Waals surface area (Å²) < 4.78 is 0. The van der Waals surface area contributed by atoms with Gasteiger partial charge in [0.05, 0.1) is 11.0 Å². The van der Waals surface area contributed by atoms with Gasteiger partial charge in [-0.05, 0) is 66.6 Å². The van der Waals surface area contributed by atoms with Crippen molar-refractivity contribution in [1.29, 1.82) is 0 Å². The van der Waals surface area contributed by atoms with Crippen LogP contribution >= 0.6 is 11.3 Å². The van der Waals surface area contributed by atoms with Crippen LogP contribution in [0.1, 0.15) is 56.9 Å². The van der Waals surface area contributed by atoms with Crippen LogP contribution in [0, 0.1) is 6.92 Å². The van der Waals surface area contributed by atoms with Crippen LogP contribution in [0.4, 0.5) is 0 Å². The molecule has 0 aliphatic carbocycles. The number of aryl methyl sites for hydroxylation is 2. The fourth-order valence-electron chi connectivity index (χ4n) is 3.92. The summed E-state index contributed by atoms with van der Waals surface area (Å²) in [6.45, 7) is 3.87. The van der Waals surface area contributed by atoms with E-state index < -0.39 is 6.10 Å². The van der Waals surface area contributed by atoms with E-state index in [0.29, 0.717) is 6.42 Å². The highest BCUT2D eigenvalue weighted by molar-refractivity contribution is 7.17. The maximum absolute atomic E-state index is 12.7. The van der Waals surface area contributed by atoms with Crippen molar-refractivity contribution in [2.75, 3.05) is 0 Å². The molecule has 1 heterocycles. The fourth-order valence-corrected chi connectivity index (χ4v) is 4.89. The Labute approximate surface area is 194 Å². The zero-order valence-electron chi connectivity index (χ0n) is 18.5. The van der Waals surface area contributed by atoms with E-state index >= 15 is 0 Å². The number of carbonyl (C=O) groups is 1. The third-order valence-electron chi connectivity index (χ3n) is 5.66. The van der Waals surface area contributed by atoms with Crippen molar-refractivity contribution < 1.29 is 9.90 Å². The summed E-state index contributed by atoms with van der Waals surface area (Å²) in [6, 6.07) is 29.0. The van der Waals surface area contributed by atoms with Crippen molar-refractivity contribution in [1.82, 2.24) is 0 Å². The average molecular weight is 441 g/mol. The number of benzene rings is 3. The molecule has 0 aliphatic heterocycles. The number of aliphatic hydroxyl groups excluding tert-OH is 1. The lowest BCUT2D eigenvalue weighted by Gasteiger charge is -2.08. The van der Waals surface area contributed by atoms with Gasteiger partial charge < -0.3 is 5.11 Å². The minimum Gasteiger partial charge on any atom is -0.389 e. The number of Topliss-reactive ketones (excluding diaryl/α,β-unsaturated/α-hetero) is 1. The summed E-state index contributed by atoms with van der Waals surface area (Å²) in [7, 11) is 0. The second-order valence-corrected chi connectivity index (χ2v) is 9.46. The van der Waals surface area contributed by atoms with Crippen LogP contribution in [0.3, 0.4) is 0 Å². The molecule has 0 spiro atoms. The molecule has 0 bridgehead atoms. The van der Waals surface area contributed by atoms with Crippen LogP contribution in [0.5, 0.6) is 0 Å². The van der Waals surface area contributed by atoms with Crippen molar-refractivity contribution in [3.05, 3.63) is 118 Å². The van der Waals surface area contributed by atoms with Crippen molar-refractivity contribution in [3.63, 3.8) is 0 Å². The lowest BCUT2D eigenvalue weighted by molar-refractivity contribution is 0.0986. The molecule has 32 heavy (non-hydrogen) atoms. The number of aliphatic hydroxyl groups is 1. The molecule has 1 unspecified atom stereocenters. The summed E-state index contributed by atoms with van der Waals surface area (Å²) in [5, 5.41) is 9.84. The van der Waals surface area contributed by atoms with Gasteiger partial charge in [0.25, 0.3) is 0 Å². The second-order valence-electron chi connectivity index (χ2n) is 8.37. The molecule has 2 nitrogen and oxygen atoms in total. The Balaban J connectivity index is 1.45. The van der Waals surface area contributed by atoms with E-state index in [4.69, 9.17) is 0 Å². The Hall–Kier alpha value is -3.01. The van der Waals surface area contributed by atoms with Crippen molar-refractivity contribution in [3.8, 4) is 10.4 Å². The van der Waals surface area contributed by atoms with E-state index in [0.717, 1.165) is 33.7 Å². The summed E-state index contributed by atoms with van der Waals surface area (Å²) in [5.41, 5.74) is 6.90. The average Bonchev–Trinajstić information content (AvgIpc) is 3.28. The standard InChI is InChI=1S/C29H28O2S/c1-20-6-3-7-22(16-20)12-13-27(31)29-15-14-28(32-29)26-11-5-9-24(19-26)17-23-8-4-10-25(18-23)21(2)30/h3-11,14-16,18-19,21,30H,12-13,17H2,1-2H3. The minimum atomic E-state index is -0.464. The summed E-state index contributed by atoms with van der Waals surface area (Å²) >= 11 is 1.57. The molecule has 0 fully saturated rings. The van der Waals surface area contributed by atoms with Gasteiger partial charge in [-0.3, -0.25) is 4.79 Å². The lowest BCUT2D eigenvalue weighted by Crippen LogP contribution is -1.98. The van der Waals surface area contributed by atoms with Crippen LogP contribution in [0.25, 0.3) is 10.4 Å². The van der Waals surface area contributed by atoms with E-state index in [9.17, 15) is 9.90 Å². The number of carbonyl (C=O) groups excluding carboxylic acids is 1.